The molecule has 24 heavy (non-hydrogen) atoms. The lowest BCUT2D eigenvalue weighted by atomic mass is 10.1. The van der Waals surface area contributed by atoms with Crippen LogP contribution in [0.3, 0.4) is 0 Å². The van der Waals surface area contributed by atoms with Crippen molar-refractivity contribution in [2.75, 3.05) is 32.1 Å². The summed E-state index contributed by atoms with van der Waals surface area (Å²) in [4.78, 5) is 10.2. The molecule has 0 saturated heterocycles. The summed E-state index contributed by atoms with van der Waals surface area (Å²) in [6.07, 6.45) is 2.47. The third kappa shape index (κ3) is 2.99. The highest BCUT2D eigenvalue weighted by Gasteiger charge is 2.30. The van der Waals surface area contributed by atoms with Crippen LogP contribution in [0.25, 0.3) is 0 Å². The molecule has 1 aromatic carbocycles. The minimum absolute atomic E-state index is 0.271. The number of sulfonamides is 1. The molecule has 0 atom stereocenters. The highest BCUT2D eigenvalue weighted by Crippen LogP contribution is 2.26. The molecular formula is C16H19FN4O2S. The lowest BCUT2D eigenvalue weighted by molar-refractivity contribution is 0.422. The Labute approximate surface area is 141 Å². The van der Waals surface area contributed by atoms with Crippen LogP contribution in [0.2, 0.25) is 0 Å². The number of benzene rings is 1. The van der Waals surface area contributed by atoms with Crippen molar-refractivity contribution in [3.05, 3.63) is 47.7 Å². The van der Waals surface area contributed by atoms with E-state index in [1.165, 1.54) is 28.8 Å². The minimum atomic E-state index is -3.87. The van der Waals surface area contributed by atoms with Crippen molar-refractivity contribution in [1.29, 1.82) is 0 Å². The van der Waals surface area contributed by atoms with Crippen LogP contribution in [-0.2, 0) is 22.9 Å². The molecule has 0 spiro atoms. The topological polar surface area (TPSA) is 66.4 Å². The fraction of sp³-hybridized carbons (Fsp3) is 0.375. The molecule has 1 aliphatic heterocycles. The molecule has 0 bridgehead atoms. The summed E-state index contributed by atoms with van der Waals surface area (Å²) in [6, 6.07) is 5.46. The van der Waals surface area contributed by atoms with Crippen LogP contribution in [-0.4, -0.2) is 49.9 Å². The SMILES string of the molecule is CN(C)c1ncnc2c1CCN(S(=O)(=O)c1ccccc1F)CC2. The largest absolute Gasteiger partial charge is 0.362 e. The van der Waals surface area contributed by atoms with Crippen molar-refractivity contribution >= 4 is 15.8 Å². The molecule has 2 heterocycles. The second-order valence-electron chi connectivity index (χ2n) is 5.85. The third-order valence-electron chi connectivity index (χ3n) is 4.10. The van der Waals surface area contributed by atoms with E-state index in [-0.39, 0.29) is 18.0 Å². The van der Waals surface area contributed by atoms with Gasteiger partial charge in [-0.2, -0.15) is 4.31 Å². The fourth-order valence-electron chi connectivity index (χ4n) is 2.91. The lowest BCUT2D eigenvalue weighted by Gasteiger charge is -2.20. The van der Waals surface area contributed by atoms with Crippen molar-refractivity contribution in [2.24, 2.45) is 0 Å². The van der Waals surface area contributed by atoms with Gasteiger partial charge in [-0.15, -0.1) is 0 Å². The average Bonchev–Trinajstić information content (AvgIpc) is 2.77. The van der Waals surface area contributed by atoms with Crippen LogP contribution in [0.1, 0.15) is 11.3 Å². The number of hydrogen-bond acceptors (Lipinski definition) is 5. The van der Waals surface area contributed by atoms with E-state index in [0.29, 0.717) is 12.8 Å². The van der Waals surface area contributed by atoms with E-state index in [9.17, 15) is 12.8 Å². The van der Waals surface area contributed by atoms with Crippen LogP contribution >= 0.6 is 0 Å². The Morgan fingerprint density at radius 1 is 1.12 bits per heavy atom. The summed E-state index contributed by atoms with van der Waals surface area (Å²) < 4.78 is 40.8. The normalized spacial score (nSPS) is 15.6. The van der Waals surface area contributed by atoms with Crippen molar-refractivity contribution in [3.8, 4) is 0 Å². The van der Waals surface area contributed by atoms with E-state index < -0.39 is 15.8 Å². The first-order chi connectivity index (χ1) is 11.4. The Balaban J connectivity index is 1.92. The number of halogens is 1. The zero-order chi connectivity index (χ0) is 17.3. The summed E-state index contributed by atoms with van der Waals surface area (Å²) in [5, 5.41) is 0. The molecule has 0 amide bonds. The van der Waals surface area contributed by atoms with Gasteiger partial charge >= 0.3 is 0 Å². The van der Waals surface area contributed by atoms with Crippen molar-refractivity contribution in [1.82, 2.24) is 14.3 Å². The Kier molecular flexibility index (Phi) is 4.51. The van der Waals surface area contributed by atoms with E-state index in [0.717, 1.165) is 23.1 Å². The summed E-state index contributed by atoms with van der Waals surface area (Å²) in [7, 11) is -0.0899. The maximum atomic E-state index is 13.9. The zero-order valence-corrected chi connectivity index (χ0v) is 14.4. The second-order valence-corrected chi connectivity index (χ2v) is 7.76. The van der Waals surface area contributed by atoms with Crippen LogP contribution in [0.15, 0.2) is 35.5 Å². The Hall–Kier alpha value is -2.06. The average molecular weight is 350 g/mol. The molecule has 1 aromatic heterocycles. The first-order valence-corrected chi connectivity index (χ1v) is 9.10. The Morgan fingerprint density at radius 3 is 2.54 bits per heavy atom. The quantitative estimate of drug-likeness (QED) is 0.839. The van der Waals surface area contributed by atoms with Crippen LogP contribution in [0.4, 0.5) is 10.2 Å². The molecular weight excluding hydrogens is 331 g/mol. The minimum Gasteiger partial charge on any atom is -0.362 e. The fourth-order valence-corrected chi connectivity index (χ4v) is 4.41. The highest BCUT2D eigenvalue weighted by atomic mass is 32.2. The molecule has 0 N–H and O–H groups in total. The predicted molar refractivity (Wildman–Crippen MR) is 88.9 cm³/mol. The van der Waals surface area contributed by atoms with Crippen molar-refractivity contribution < 1.29 is 12.8 Å². The molecule has 0 unspecified atom stereocenters. The van der Waals surface area contributed by atoms with Crippen LogP contribution in [0.5, 0.6) is 0 Å². The number of nitrogens with zero attached hydrogens (tertiary/aromatic N) is 4. The smallest absolute Gasteiger partial charge is 0.246 e. The molecule has 0 aliphatic carbocycles. The molecule has 1 aliphatic rings. The highest BCUT2D eigenvalue weighted by molar-refractivity contribution is 7.89. The summed E-state index contributed by atoms with van der Waals surface area (Å²) >= 11 is 0. The van der Waals surface area contributed by atoms with E-state index in [2.05, 4.69) is 9.97 Å². The molecule has 3 rings (SSSR count). The third-order valence-corrected chi connectivity index (χ3v) is 6.03. The molecule has 0 saturated carbocycles. The number of anilines is 1. The maximum absolute atomic E-state index is 13.9. The monoisotopic (exact) mass is 350 g/mol. The maximum Gasteiger partial charge on any atom is 0.246 e. The van der Waals surface area contributed by atoms with Gasteiger partial charge in [0.1, 0.15) is 22.9 Å². The van der Waals surface area contributed by atoms with Crippen LogP contribution in [0, 0.1) is 5.82 Å². The van der Waals surface area contributed by atoms with E-state index >= 15 is 0 Å². The van der Waals surface area contributed by atoms with Gasteiger partial charge in [0.25, 0.3) is 0 Å². The van der Waals surface area contributed by atoms with Gasteiger partial charge in [0, 0.05) is 39.2 Å². The standard InChI is InChI=1S/C16H19FN4O2S/c1-20(2)16-12-7-9-21(10-8-14(12)18-11-19-16)24(22,23)15-6-4-3-5-13(15)17/h3-6,11H,7-10H2,1-2H3. The summed E-state index contributed by atoms with van der Waals surface area (Å²) in [5.41, 5.74) is 1.80. The summed E-state index contributed by atoms with van der Waals surface area (Å²) in [6.45, 7) is 0.547. The van der Waals surface area contributed by atoms with Crippen LogP contribution < -0.4 is 4.90 Å². The lowest BCUT2D eigenvalue weighted by Crippen LogP contribution is -2.33. The van der Waals surface area contributed by atoms with Gasteiger partial charge in [-0.05, 0) is 18.6 Å². The van der Waals surface area contributed by atoms with E-state index in [1.807, 2.05) is 19.0 Å². The van der Waals surface area contributed by atoms with Crippen molar-refractivity contribution in [3.63, 3.8) is 0 Å². The predicted octanol–water partition coefficient (Wildman–Crippen LogP) is 1.47. The molecule has 128 valence electrons. The first kappa shape index (κ1) is 16.8. The first-order valence-electron chi connectivity index (χ1n) is 7.66. The van der Waals surface area contributed by atoms with Gasteiger partial charge < -0.3 is 4.90 Å². The van der Waals surface area contributed by atoms with Gasteiger partial charge in [0.05, 0.1) is 5.69 Å². The van der Waals surface area contributed by atoms with Gasteiger partial charge in [-0.3, -0.25) is 0 Å². The zero-order valence-electron chi connectivity index (χ0n) is 13.6. The number of aromatic nitrogens is 2. The van der Waals surface area contributed by atoms with Gasteiger partial charge in [0.2, 0.25) is 10.0 Å². The van der Waals surface area contributed by atoms with E-state index in [4.69, 9.17) is 0 Å². The van der Waals surface area contributed by atoms with Gasteiger partial charge in [0.15, 0.2) is 0 Å². The Bertz CT molecular complexity index is 855. The molecule has 6 nitrogen and oxygen atoms in total. The molecule has 8 heteroatoms. The number of fused-ring (bicyclic) bond motifs is 1. The molecule has 2 aromatic rings. The van der Waals surface area contributed by atoms with Gasteiger partial charge in [-0.1, -0.05) is 12.1 Å². The molecule has 0 fully saturated rings. The summed E-state index contributed by atoms with van der Waals surface area (Å²) in [5.74, 6) is 0.0678. The van der Waals surface area contributed by atoms with E-state index in [1.54, 1.807) is 0 Å². The van der Waals surface area contributed by atoms with Gasteiger partial charge in [-0.25, -0.2) is 22.8 Å². The molecule has 0 radical (unpaired) electrons. The van der Waals surface area contributed by atoms with Crippen molar-refractivity contribution in [2.45, 2.75) is 17.7 Å². The Morgan fingerprint density at radius 2 is 1.83 bits per heavy atom. The number of rotatable bonds is 3. The number of hydrogen-bond donors (Lipinski definition) is 0. The second kappa shape index (κ2) is 6.45.